The maximum Gasteiger partial charge on any atom is 0.416 e. The summed E-state index contributed by atoms with van der Waals surface area (Å²) >= 11 is 1.27. The molecule has 1 heterocycles. The molecular formula is C18H17F3N4S. The highest BCUT2D eigenvalue weighted by Gasteiger charge is 2.29. The third kappa shape index (κ3) is 4.72. The third-order valence-electron chi connectivity index (χ3n) is 3.74. The topological polar surface area (TPSA) is 41.1 Å². The van der Waals surface area contributed by atoms with Crippen LogP contribution < -0.4 is 10.2 Å². The highest BCUT2D eigenvalue weighted by molar-refractivity contribution is 7.09. The lowest BCUT2D eigenvalue weighted by atomic mass is 10.1. The van der Waals surface area contributed by atoms with E-state index in [0.29, 0.717) is 19.0 Å². The van der Waals surface area contributed by atoms with Crippen LogP contribution in [0.4, 0.5) is 24.3 Å². The van der Waals surface area contributed by atoms with Crippen molar-refractivity contribution in [3.63, 3.8) is 0 Å². The van der Waals surface area contributed by atoms with Crippen LogP contribution in [0.15, 0.2) is 54.6 Å². The number of aromatic nitrogens is 2. The molecule has 136 valence electrons. The van der Waals surface area contributed by atoms with Crippen LogP contribution in [0.1, 0.15) is 16.7 Å². The van der Waals surface area contributed by atoms with Gasteiger partial charge in [-0.2, -0.15) is 22.5 Å². The monoisotopic (exact) mass is 378 g/mol. The van der Waals surface area contributed by atoms with Crippen LogP contribution in [0, 0.1) is 0 Å². The summed E-state index contributed by atoms with van der Waals surface area (Å²) in [6.07, 6.45) is -4.32. The van der Waals surface area contributed by atoms with E-state index < -0.39 is 11.7 Å². The molecule has 0 aliphatic rings. The maximum absolute atomic E-state index is 12.6. The molecule has 0 amide bonds. The van der Waals surface area contributed by atoms with Gasteiger partial charge in [-0.3, -0.25) is 0 Å². The Balaban J connectivity index is 1.56. The number of alkyl halides is 3. The van der Waals surface area contributed by atoms with Gasteiger partial charge >= 0.3 is 6.18 Å². The Labute approximate surface area is 153 Å². The maximum atomic E-state index is 12.6. The zero-order valence-corrected chi connectivity index (χ0v) is 14.8. The molecule has 0 fully saturated rings. The first-order valence-corrected chi connectivity index (χ1v) is 8.68. The summed E-state index contributed by atoms with van der Waals surface area (Å²) < 4.78 is 41.9. The SMILES string of the molecule is CN(Cc1ccccc1)c1nc(NCc2ccc(C(F)(F)F)cc2)ns1. The van der Waals surface area contributed by atoms with Crippen LogP contribution in [0.2, 0.25) is 0 Å². The lowest BCUT2D eigenvalue weighted by Crippen LogP contribution is -2.16. The second kappa shape index (κ2) is 7.74. The van der Waals surface area contributed by atoms with Crippen molar-refractivity contribution < 1.29 is 13.2 Å². The number of anilines is 2. The fraction of sp³-hybridized carbons (Fsp3) is 0.222. The van der Waals surface area contributed by atoms with Crippen molar-refractivity contribution in [1.29, 1.82) is 0 Å². The van der Waals surface area contributed by atoms with Crippen LogP contribution in [0.3, 0.4) is 0 Å². The molecule has 0 radical (unpaired) electrons. The highest BCUT2D eigenvalue weighted by atomic mass is 32.1. The Morgan fingerprint density at radius 1 is 1.00 bits per heavy atom. The summed E-state index contributed by atoms with van der Waals surface area (Å²) in [5.74, 6) is 0.463. The van der Waals surface area contributed by atoms with E-state index in [1.165, 1.54) is 29.2 Å². The predicted octanol–water partition coefficient (Wildman–Crippen LogP) is 4.81. The standard InChI is InChI=1S/C18H17F3N4S/c1-25(12-14-5-3-2-4-6-14)17-23-16(24-26-17)22-11-13-7-9-15(10-8-13)18(19,20)21/h2-10H,11-12H2,1H3,(H,22,24). The first kappa shape index (κ1) is 18.2. The number of nitrogens with one attached hydrogen (secondary N) is 1. The van der Waals surface area contributed by atoms with Crippen molar-refractivity contribution >= 4 is 22.6 Å². The molecule has 0 saturated carbocycles. The largest absolute Gasteiger partial charge is 0.416 e. The number of hydrogen-bond acceptors (Lipinski definition) is 5. The van der Waals surface area contributed by atoms with Gasteiger partial charge in [-0.1, -0.05) is 42.5 Å². The highest BCUT2D eigenvalue weighted by Crippen LogP contribution is 2.29. The van der Waals surface area contributed by atoms with E-state index in [1.54, 1.807) is 0 Å². The van der Waals surface area contributed by atoms with Crippen molar-refractivity contribution in [1.82, 2.24) is 9.36 Å². The fourth-order valence-electron chi connectivity index (χ4n) is 2.36. The van der Waals surface area contributed by atoms with Crippen molar-refractivity contribution in [2.45, 2.75) is 19.3 Å². The second-order valence-corrected chi connectivity index (χ2v) is 6.52. The first-order chi connectivity index (χ1) is 12.4. The van der Waals surface area contributed by atoms with Gasteiger partial charge in [0.1, 0.15) is 0 Å². The molecule has 0 saturated heterocycles. The lowest BCUT2D eigenvalue weighted by Gasteiger charge is -2.14. The fourth-order valence-corrected chi connectivity index (χ4v) is 2.96. The summed E-state index contributed by atoms with van der Waals surface area (Å²) in [6.45, 7) is 1.07. The van der Waals surface area contributed by atoms with E-state index in [1.807, 2.05) is 42.3 Å². The van der Waals surface area contributed by atoms with Crippen molar-refractivity contribution in [2.24, 2.45) is 0 Å². The predicted molar refractivity (Wildman–Crippen MR) is 97.2 cm³/mol. The van der Waals surface area contributed by atoms with E-state index >= 15 is 0 Å². The molecule has 2 aromatic carbocycles. The molecule has 0 bridgehead atoms. The Bertz CT molecular complexity index is 832. The Kier molecular flexibility index (Phi) is 5.41. The number of halogens is 3. The van der Waals surface area contributed by atoms with Crippen molar-refractivity contribution in [3.8, 4) is 0 Å². The number of nitrogens with zero attached hydrogens (tertiary/aromatic N) is 3. The minimum Gasteiger partial charge on any atom is -0.349 e. The molecule has 26 heavy (non-hydrogen) atoms. The van der Waals surface area contributed by atoms with Crippen LogP contribution in [-0.4, -0.2) is 16.4 Å². The van der Waals surface area contributed by atoms with Gasteiger partial charge in [-0.05, 0) is 23.3 Å². The van der Waals surface area contributed by atoms with Gasteiger partial charge in [0.25, 0.3) is 0 Å². The normalized spacial score (nSPS) is 11.4. The van der Waals surface area contributed by atoms with E-state index in [0.717, 1.165) is 22.8 Å². The quantitative estimate of drug-likeness (QED) is 0.669. The van der Waals surface area contributed by atoms with E-state index in [2.05, 4.69) is 14.7 Å². The zero-order valence-electron chi connectivity index (χ0n) is 14.0. The second-order valence-electron chi connectivity index (χ2n) is 5.79. The molecule has 3 rings (SSSR count). The van der Waals surface area contributed by atoms with Crippen LogP contribution in [-0.2, 0) is 19.3 Å². The average molecular weight is 378 g/mol. The molecule has 1 N–H and O–H groups in total. The lowest BCUT2D eigenvalue weighted by molar-refractivity contribution is -0.137. The van der Waals surface area contributed by atoms with E-state index in [9.17, 15) is 13.2 Å². The molecule has 0 aliphatic carbocycles. The number of rotatable bonds is 6. The van der Waals surface area contributed by atoms with E-state index in [4.69, 9.17) is 0 Å². The summed E-state index contributed by atoms with van der Waals surface area (Å²) in [5.41, 5.74) is 1.24. The van der Waals surface area contributed by atoms with Crippen molar-refractivity contribution in [2.75, 3.05) is 17.3 Å². The molecule has 0 spiro atoms. The molecule has 4 nitrogen and oxygen atoms in total. The third-order valence-corrected chi connectivity index (χ3v) is 4.57. The zero-order chi connectivity index (χ0) is 18.6. The van der Waals surface area contributed by atoms with E-state index in [-0.39, 0.29) is 0 Å². The molecule has 0 unspecified atom stereocenters. The van der Waals surface area contributed by atoms with Gasteiger partial charge in [-0.15, -0.1) is 0 Å². The van der Waals surface area contributed by atoms with Crippen molar-refractivity contribution in [3.05, 3.63) is 71.3 Å². The Morgan fingerprint density at radius 2 is 1.69 bits per heavy atom. The van der Waals surface area contributed by atoms with Gasteiger partial charge in [0.05, 0.1) is 5.56 Å². The average Bonchev–Trinajstić information content (AvgIpc) is 3.10. The number of benzene rings is 2. The van der Waals surface area contributed by atoms with Crippen LogP contribution >= 0.6 is 11.5 Å². The van der Waals surface area contributed by atoms with Crippen LogP contribution in [0.25, 0.3) is 0 Å². The minimum atomic E-state index is -4.32. The smallest absolute Gasteiger partial charge is 0.349 e. The van der Waals surface area contributed by atoms with Gasteiger partial charge in [0.2, 0.25) is 11.1 Å². The van der Waals surface area contributed by atoms with Crippen LogP contribution in [0.5, 0.6) is 0 Å². The van der Waals surface area contributed by atoms with Gasteiger partial charge in [0.15, 0.2) is 0 Å². The van der Waals surface area contributed by atoms with Gasteiger partial charge in [0, 0.05) is 31.7 Å². The summed E-state index contributed by atoms with van der Waals surface area (Å²) in [7, 11) is 1.94. The Hall–Kier alpha value is -2.61. The summed E-state index contributed by atoms with van der Waals surface area (Å²) in [5, 5.41) is 3.81. The molecule has 0 aliphatic heterocycles. The number of hydrogen-bond donors (Lipinski definition) is 1. The molecule has 8 heteroatoms. The van der Waals surface area contributed by atoms with Gasteiger partial charge in [-0.25, -0.2) is 0 Å². The summed E-state index contributed by atoms with van der Waals surface area (Å²) in [6, 6.07) is 15.1. The molecule has 1 aromatic heterocycles. The van der Waals surface area contributed by atoms with Gasteiger partial charge < -0.3 is 10.2 Å². The first-order valence-electron chi connectivity index (χ1n) is 7.90. The summed E-state index contributed by atoms with van der Waals surface area (Å²) in [4.78, 5) is 6.42. The minimum absolute atomic E-state index is 0.358. The Morgan fingerprint density at radius 3 is 2.35 bits per heavy atom. The molecular weight excluding hydrogens is 361 g/mol. The molecule has 3 aromatic rings. The molecule has 0 atom stereocenters.